The molecular formula is C17H17N3O2. The van der Waals surface area contributed by atoms with Crippen LogP contribution in [0.2, 0.25) is 0 Å². The van der Waals surface area contributed by atoms with Crippen LogP contribution in [0.15, 0.2) is 42.6 Å². The van der Waals surface area contributed by atoms with Crippen LogP contribution in [0.25, 0.3) is 16.7 Å². The molecule has 0 radical (unpaired) electrons. The molecule has 0 saturated carbocycles. The van der Waals surface area contributed by atoms with Crippen LogP contribution in [0, 0.1) is 0 Å². The van der Waals surface area contributed by atoms with Crippen molar-refractivity contribution in [3.8, 4) is 5.69 Å². The number of nitrogens with zero attached hydrogens (tertiary/aromatic N) is 3. The van der Waals surface area contributed by atoms with E-state index in [4.69, 9.17) is 5.10 Å². The number of para-hydroxylation sites is 1. The number of hydrogen-bond acceptors (Lipinski definition) is 3. The van der Waals surface area contributed by atoms with E-state index >= 15 is 0 Å². The van der Waals surface area contributed by atoms with E-state index in [2.05, 4.69) is 25.8 Å². The number of rotatable bonds is 2. The van der Waals surface area contributed by atoms with Crippen LogP contribution in [-0.4, -0.2) is 25.8 Å². The van der Waals surface area contributed by atoms with Crippen molar-refractivity contribution in [2.24, 2.45) is 0 Å². The molecule has 0 spiro atoms. The van der Waals surface area contributed by atoms with Gasteiger partial charge in [0.1, 0.15) is 0 Å². The van der Waals surface area contributed by atoms with Crippen molar-refractivity contribution in [3.63, 3.8) is 0 Å². The van der Waals surface area contributed by atoms with Crippen molar-refractivity contribution in [2.45, 2.75) is 26.2 Å². The number of carboxylic acid groups (broad SMARTS) is 1. The van der Waals surface area contributed by atoms with E-state index < -0.39 is 5.97 Å². The van der Waals surface area contributed by atoms with E-state index in [9.17, 15) is 9.90 Å². The molecule has 112 valence electrons. The molecule has 1 aromatic carbocycles. The number of hydrogen-bond donors (Lipinski definition) is 1. The molecule has 0 unspecified atom stereocenters. The lowest BCUT2D eigenvalue weighted by Crippen LogP contribution is -2.13. The molecular weight excluding hydrogens is 278 g/mol. The number of carbonyl (C=O) groups is 1. The Morgan fingerprint density at radius 2 is 1.86 bits per heavy atom. The molecule has 0 saturated heterocycles. The van der Waals surface area contributed by atoms with Gasteiger partial charge in [0.25, 0.3) is 0 Å². The highest BCUT2D eigenvalue weighted by Gasteiger charge is 2.24. The average Bonchev–Trinajstić information content (AvgIpc) is 2.86. The maximum atomic E-state index is 11.2. The fraction of sp³-hybridized carbons (Fsp3) is 0.235. The second-order valence-electron chi connectivity index (χ2n) is 6.25. The third-order valence-corrected chi connectivity index (χ3v) is 3.48. The van der Waals surface area contributed by atoms with Gasteiger partial charge in [-0.15, -0.1) is 0 Å². The molecule has 2 aromatic heterocycles. The minimum Gasteiger partial charge on any atom is -0.478 e. The largest absolute Gasteiger partial charge is 0.478 e. The highest BCUT2D eigenvalue weighted by Crippen LogP contribution is 2.30. The molecule has 3 aromatic rings. The summed E-state index contributed by atoms with van der Waals surface area (Å²) < 4.78 is 1.77. The Bertz CT molecular complexity index is 845. The Kier molecular flexibility index (Phi) is 3.20. The molecule has 0 bridgehead atoms. The van der Waals surface area contributed by atoms with Crippen LogP contribution in [0.1, 0.15) is 36.8 Å². The Morgan fingerprint density at radius 3 is 2.45 bits per heavy atom. The first kappa shape index (κ1) is 14.3. The normalized spacial score (nSPS) is 11.8. The first-order valence-electron chi connectivity index (χ1n) is 7.06. The highest BCUT2D eigenvalue weighted by atomic mass is 16.4. The van der Waals surface area contributed by atoms with Crippen molar-refractivity contribution in [3.05, 3.63) is 53.9 Å². The van der Waals surface area contributed by atoms with Crippen molar-refractivity contribution < 1.29 is 9.90 Å². The van der Waals surface area contributed by atoms with Crippen LogP contribution < -0.4 is 0 Å². The SMILES string of the molecule is CC(C)(C)c1nn(-c2ccccc2)c2ncc(C(=O)O)cc12. The van der Waals surface area contributed by atoms with Crippen LogP contribution >= 0.6 is 0 Å². The Balaban J connectivity index is 2.34. The van der Waals surface area contributed by atoms with Gasteiger partial charge in [0.2, 0.25) is 0 Å². The van der Waals surface area contributed by atoms with Gasteiger partial charge in [0, 0.05) is 17.0 Å². The van der Waals surface area contributed by atoms with E-state index in [1.54, 1.807) is 10.7 Å². The zero-order chi connectivity index (χ0) is 15.9. The van der Waals surface area contributed by atoms with Crippen LogP contribution in [0.4, 0.5) is 0 Å². The second-order valence-corrected chi connectivity index (χ2v) is 6.25. The number of benzene rings is 1. The summed E-state index contributed by atoms with van der Waals surface area (Å²) in [7, 11) is 0. The van der Waals surface area contributed by atoms with Gasteiger partial charge in [-0.1, -0.05) is 39.0 Å². The van der Waals surface area contributed by atoms with E-state index in [1.165, 1.54) is 6.20 Å². The molecule has 0 amide bonds. The quantitative estimate of drug-likeness (QED) is 0.786. The van der Waals surface area contributed by atoms with Gasteiger partial charge < -0.3 is 5.11 Å². The first-order chi connectivity index (χ1) is 10.4. The van der Waals surface area contributed by atoms with Gasteiger partial charge in [0.05, 0.1) is 16.9 Å². The highest BCUT2D eigenvalue weighted by molar-refractivity contribution is 5.93. The van der Waals surface area contributed by atoms with E-state index in [1.807, 2.05) is 30.3 Å². The molecule has 1 N–H and O–H groups in total. The number of aromatic carboxylic acids is 1. The van der Waals surface area contributed by atoms with Crippen LogP contribution in [0.5, 0.6) is 0 Å². The lowest BCUT2D eigenvalue weighted by atomic mass is 9.90. The van der Waals surface area contributed by atoms with Gasteiger partial charge in [-0.05, 0) is 18.2 Å². The Labute approximate surface area is 128 Å². The van der Waals surface area contributed by atoms with E-state index in [-0.39, 0.29) is 11.0 Å². The zero-order valence-corrected chi connectivity index (χ0v) is 12.7. The fourth-order valence-corrected chi connectivity index (χ4v) is 2.42. The standard InChI is InChI=1S/C17H17N3O2/c1-17(2,3)14-13-9-11(16(21)22)10-18-15(13)20(19-14)12-7-5-4-6-8-12/h4-10H,1-3H3,(H,21,22). The maximum absolute atomic E-state index is 11.2. The number of pyridine rings is 1. The van der Waals surface area contributed by atoms with Gasteiger partial charge >= 0.3 is 5.97 Å². The molecule has 0 atom stereocenters. The van der Waals surface area contributed by atoms with Crippen LogP contribution in [-0.2, 0) is 5.41 Å². The van der Waals surface area contributed by atoms with E-state index in [0.717, 1.165) is 16.8 Å². The monoisotopic (exact) mass is 295 g/mol. The zero-order valence-electron chi connectivity index (χ0n) is 12.7. The number of carboxylic acids is 1. The fourth-order valence-electron chi connectivity index (χ4n) is 2.42. The summed E-state index contributed by atoms with van der Waals surface area (Å²) in [5.74, 6) is -0.985. The van der Waals surface area contributed by atoms with Gasteiger partial charge in [0.15, 0.2) is 5.65 Å². The molecule has 3 rings (SSSR count). The molecule has 0 aliphatic heterocycles. The molecule has 0 aliphatic rings. The first-order valence-corrected chi connectivity index (χ1v) is 7.06. The molecule has 22 heavy (non-hydrogen) atoms. The third kappa shape index (κ3) is 2.35. The predicted octanol–water partition coefficient (Wildman–Crippen LogP) is 3.42. The molecule has 0 fully saturated rings. The summed E-state index contributed by atoms with van der Waals surface area (Å²) in [5.41, 5.74) is 2.36. The summed E-state index contributed by atoms with van der Waals surface area (Å²) in [5, 5.41) is 14.7. The van der Waals surface area contributed by atoms with Crippen molar-refractivity contribution >= 4 is 17.0 Å². The second kappa shape index (κ2) is 4.94. The van der Waals surface area contributed by atoms with Crippen molar-refractivity contribution in [1.29, 1.82) is 0 Å². The number of aromatic nitrogens is 3. The predicted molar refractivity (Wildman–Crippen MR) is 84.5 cm³/mol. The van der Waals surface area contributed by atoms with Gasteiger partial charge in [-0.3, -0.25) is 0 Å². The molecule has 0 aliphatic carbocycles. The Morgan fingerprint density at radius 1 is 1.18 bits per heavy atom. The summed E-state index contributed by atoms with van der Waals surface area (Å²) in [6.07, 6.45) is 1.37. The van der Waals surface area contributed by atoms with Crippen LogP contribution in [0.3, 0.4) is 0 Å². The maximum Gasteiger partial charge on any atom is 0.337 e. The lowest BCUT2D eigenvalue weighted by molar-refractivity contribution is 0.0696. The molecule has 5 nitrogen and oxygen atoms in total. The third-order valence-electron chi connectivity index (χ3n) is 3.48. The summed E-state index contributed by atoms with van der Waals surface area (Å²) in [4.78, 5) is 15.5. The number of fused-ring (bicyclic) bond motifs is 1. The smallest absolute Gasteiger partial charge is 0.337 e. The summed E-state index contributed by atoms with van der Waals surface area (Å²) >= 11 is 0. The van der Waals surface area contributed by atoms with Crippen molar-refractivity contribution in [2.75, 3.05) is 0 Å². The summed E-state index contributed by atoms with van der Waals surface area (Å²) in [6, 6.07) is 11.4. The van der Waals surface area contributed by atoms with Gasteiger partial charge in [-0.2, -0.15) is 5.10 Å². The average molecular weight is 295 g/mol. The lowest BCUT2D eigenvalue weighted by Gasteiger charge is -2.15. The summed E-state index contributed by atoms with van der Waals surface area (Å²) in [6.45, 7) is 6.16. The molecule has 5 heteroatoms. The molecule has 2 heterocycles. The van der Waals surface area contributed by atoms with Crippen molar-refractivity contribution in [1.82, 2.24) is 14.8 Å². The van der Waals surface area contributed by atoms with Gasteiger partial charge in [-0.25, -0.2) is 14.5 Å². The topological polar surface area (TPSA) is 68.0 Å². The Hall–Kier alpha value is -2.69. The van der Waals surface area contributed by atoms with E-state index in [0.29, 0.717) is 5.65 Å². The minimum absolute atomic E-state index is 0.172. The minimum atomic E-state index is -0.985.